The molecule has 1 saturated heterocycles. The Morgan fingerprint density at radius 2 is 2.21 bits per heavy atom. The number of aryl methyl sites for hydroxylation is 3. The van der Waals surface area contributed by atoms with Crippen LogP contribution < -0.4 is 5.32 Å². The molecule has 1 N–H and O–H groups in total. The molecule has 1 aliphatic heterocycles. The number of nitrogens with zero attached hydrogens (tertiary/aromatic N) is 4. The zero-order valence-electron chi connectivity index (χ0n) is 14.4. The van der Waals surface area contributed by atoms with Gasteiger partial charge in [0.15, 0.2) is 11.6 Å². The van der Waals surface area contributed by atoms with Crippen molar-refractivity contribution < 1.29 is 13.9 Å². The molecule has 8 nitrogen and oxygen atoms in total. The van der Waals surface area contributed by atoms with Crippen LogP contribution in [0.4, 0.5) is 0 Å². The zero-order chi connectivity index (χ0) is 17.3. The van der Waals surface area contributed by atoms with Crippen LogP contribution in [0.2, 0.25) is 0 Å². The van der Waals surface area contributed by atoms with Gasteiger partial charge in [-0.2, -0.15) is 5.10 Å². The Labute approximate surface area is 140 Å². The number of hydrogen-bond acceptors (Lipinski definition) is 6. The highest BCUT2D eigenvalue weighted by molar-refractivity contribution is 5.93. The largest absolute Gasteiger partial charge is 0.445 e. The Balaban J connectivity index is 1.71. The van der Waals surface area contributed by atoms with Crippen LogP contribution in [0, 0.1) is 13.8 Å². The molecule has 1 fully saturated rings. The average molecular weight is 333 g/mol. The molecule has 2 aromatic rings. The van der Waals surface area contributed by atoms with E-state index < -0.39 is 0 Å². The van der Waals surface area contributed by atoms with Crippen LogP contribution in [0.25, 0.3) is 0 Å². The van der Waals surface area contributed by atoms with Gasteiger partial charge in [0.2, 0.25) is 0 Å². The normalized spacial score (nSPS) is 21.8. The summed E-state index contributed by atoms with van der Waals surface area (Å²) >= 11 is 0. The summed E-state index contributed by atoms with van der Waals surface area (Å²) < 4.78 is 13.1. The van der Waals surface area contributed by atoms with Crippen LogP contribution in [0.15, 0.2) is 16.7 Å². The van der Waals surface area contributed by atoms with Crippen molar-refractivity contribution in [3.63, 3.8) is 0 Å². The Morgan fingerprint density at radius 1 is 1.42 bits per heavy atom. The van der Waals surface area contributed by atoms with Crippen molar-refractivity contribution in [1.82, 2.24) is 25.0 Å². The first kappa shape index (κ1) is 16.7. The lowest BCUT2D eigenvalue weighted by Gasteiger charge is -2.39. The molecule has 130 valence electrons. The van der Waals surface area contributed by atoms with Crippen LogP contribution >= 0.6 is 0 Å². The van der Waals surface area contributed by atoms with E-state index in [2.05, 4.69) is 27.3 Å². The van der Waals surface area contributed by atoms with Crippen molar-refractivity contribution in [2.45, 2.75) is 26.0 Å². The number of amides is 1. The van der Waals surface area contributed by atoms with Gasteiger partial charge in [0.25, 0.3) is 5.91 Å². The molecule has 0 radical (unpaired) electrons. The first-order valence-corrected chi connectivity index (χ1v) is 7.99. The topological polar surface area (TPSA) is 85.4 Å². The molecule has 0 aliphatic carbocycles. The first-order chi connectivity index (χ1) is 11.5. The van der Waals surface area contributed by atoms with Gasteiger partial charge in [0, 0.05) is 33.3 Å². The third-order valence-corrected chi connectivity index (χ3v) is 4.35. The lowest BCUT2D eigenvalue weighted by atomic mass is 10.0. The third kappa shape index (κ3) is 3.20. The fourth-order valence-electron chi connectivity index (χ4n) is 3.14. The van der Waals surface area contributed by atoms with E-state index in [0.717, 1.165) is 12.2 Å². The van der Waals surface area contributed by atoms with Gasteiger partial charge in [0.1, 0.15) is 5.76 Å². The smallest absolute Gasteiger partial charge is 0.273 e. The summed E-state index contributed by atoms with van der Waals surface area (Å²) in [5.41, 5.74) is 1.39. The molecule has 24 heavy (non-hydrogen) atoms. The molecule has 1 amide bonds. The molecule has 0 unspecified atom stereocenters. The van der Waals surface area contributed by atoms with Gasteiger partial charge in [-0.1, -0.05) is 0 Å². The molecule has 0 spiro atoms. The summed E-state index contributed by atoms with van der Waals surface area (Å²) in [6.45, 7) is 5.32. The van der Waals surface area contributed by atoms with Crippen LogP contribution in [-0.4, -0.2) is 58.4 Å². The predicted molar refractivity (Wildman–Crippen MR) is 86.6 cm³/mol. The Hall–Kier alpha value is -2.19. The second kappa shape index (κ2) is 6.74. The monoisotopic (exact) mass is 333 g/mol. The quantitative estimate of drug-likeness (QED) is 0.892. The van der Waals surface area contributed by atoms with Crippen LogP contribution in [-0.2, 0) is 11.8 Å². The van der Waals surface area contributed by atoms with E-state index in [0.29, 0.717) is 30.5 Å². The third-order valence-electron chi connectivity index (χ3n) is 4.35. The Morgan fingerprint density at radius 3 is 2.83 bits per heavy atom. The molecule has 0 saturated carbocycles. The van der Waals surface area contributed by atoms with Crippen LogP contribution in [0.3, 0.4) is 0 Å². The standard InChI is InChI=1S/C16H23N5O3/c1-10-14(19-11(2)24-10)16(22)17-9-13-15(20(3)7-8-23-13)12-5-6-18-21(12)4/h5-6,13,15H,7-9H2,1-4H3,(H,17,22)/t13-,15-/m0/s1. The highest BCUT2D eigenvalue weighted by Crippen LogP contribution is 2.27. The molecule has 2 atom stereocenters. The van der Waals surface area contributed by atoms with E-state index in [1.807, 2.05) is 17.8 Å². The summed E-state index contributed by atoms with van der Waals surface area (Å²) in [5, 5.41) is 7.15. The number of aromatic nitrogens is 3. The van der Waals surface area contributed by atoms with Crippen LogP contribution in [0.1, 0.15) is 33.9 Å². The minimum Gasteiger partial charge on any atom is -0.445 e. The van der Waals surface area contributed by atoms with E-state index >= 15 is 0 Å². The average Bonchev–Trinajstić information content (AvgIpc) is 3.10. The van der Waals surface area contributed by atoms with Gasteiger partial charge in [-0.25, -0.2) is 4.98 Å². The van der Waals surface area contributed by atoms with Gasteiger partial charge >= 0.3 is 0 Å². The number of oxazole rings is 1. The van der Waals surface area contributed by atoms with E-state index in [-0.39, 0.29) is 18.1 Å². The van der Waals surface area contributed by atoms with Gasteiger partial charge in [-0.05, 0) is 20.0 Å². The number of carbonyl (C=O) groups excluding carboxylic acids is 1. The number of ether oxygens (including phenoxy) is 1. The van der Waals surface area contributed by atoms with Crippen molar-refractivity contribution >= 4 is 5.91 Å². The molecule has 3 rings (SSSR count). The van der Waals surface area contributed by atoms with E-state index in [9.17, 15) is 4.79 Å². The lowest BCUT2D eigenvalue weighted by molar-refractivity contribution is -0.0629. The summed E-state index contributed by atoms with van der Waals surface area (Å²) in [6, 6.07) is 2.02. The highest BCUT2D eigenvalue weighted by Gasteiger charge is 2.33. The van der Waals surface area contributed by atoms with Crippen molar-refractivity contribution in [1.29, 1.82) is 0 Å². The number of hydrogen-bond donors (Lipinski definition) is 1. The summed E-state index contributed by atoms with van der Waals surface area (Å²) in [5.74, 6) is 0.763. The molecule has 1 aliphatic rings. The maximum absolute atomic E-state index is 12.3. The summed E-state index contributed by atoms with van der Waals surface area (Å²) in [6.07, 6.45) is 1.62. The van der Waals surface area contributed by atoms with Crippen molar-refractivity contribution in [2.75, 3.05) is 26.7 Å². The maximum atomic E-state index is 12.3. The van der Waals surface area contributed by atoms with Gasteiger partial charge in [-0.3, -0.25) is 14.4 Å². The number of morpholine rings is 1. The van der Waals surface area contributed by atoms with Gasteiger partial charge < -0.3 is 14.5 Å². The SMILES string of the molecule is Cc1nc(C(=O)NC[C@@H]2OCCN(C)[C@H]2c2ccnn2C)c(C)o1. The fourth-order valence-corrected chi connectivity index (χ4v) is 3.14. The molecule has 8 heteroatoms. The minimum atomic E-state index is -0.245. The van der Waals surface area contributed by atoms with E-state index in [4.69, 9.17) is 9.15 Å². The number of rotatable bonds is 4. The number of likely N-dealkylation sites (N-methyl/N-ethyl adjacent to an activating group) is 1. The summed E-state index contributed by atoms with van der Waals surface area (Å²) in [4.78, 5) is 18.7. The molecule has 3 heterocycles. The van der Waals surface area contributed by atoms with E-state index in [1.165, 1.54) is 0 Å². The van der Waals surface area contributed by atoms with Crippen molar-refractivity contribution in [2.24, 2.45) is 7.05 Å². The minimum absolute atomic E-state index is 0.0340. The molecular formula is C16H23N5O3. The number of carbonyl (C=O) groups is 1. The highest BCUT2D eigenvalue weighted by atomic mass is 16.5. The van der Waals surface area contributed by atoms with Crippen molar-refractivity contribution in [3.8, 4) is 0 Å². The summed E-state index contributed by atoms with van der Waals surface area (Å²) in [7, 11) is 3.97. The predicted octanol–water partition coefficient (Wildman–Crippen LogP) is 0.827. The maximum Gasteiger partial charge on any atom is 0.273 e. The van der Waals surface area contributed by atoms with Gasteiger partial charge in [0.05, 0.1) is 24.4 Å². The second-order valence-corrected chi connectivity index (χ2v) is 6.06. The van der Waals surface area contributed by atoms with Gasteiger partial charge in [-0.15, -0.1) is 0 Å². The molecular weight excluding hydrogens is 310 g/mol. The number of nitrogens with one attached hydrogen (secondary N) is 1. The zero-order valence-corrected chi connectivity index (χ0v) is 14.4. The fraction of sp³-hybridized carbons (Fsp3) is 0.562. The molecule has 0 bridgehead atoms. The first-order valence-electron chi connectivity index (χ1n) is 7.99. The lowest BCUT2D eigenvalue weighted by Crippen LogP contribution is -2.49. The Bertz CT molecular complexity index is 723. The van der Waals surface area contributed by atoms with Crippen LogP contribution in [0.5, 0.6) is 0 Å². The van der Waals surface area contributed by atoms with Crippen molar-refractivity contribution in [3.05, 3.63) is 35.3 Å². The van der Waals surface area contributed by atoms with E-state index in [1.54, 1.807) is 20.0 Å². The second-order valence-electron chi connectivity index (χ2n) is 6.06. The Kier molecular flexibility index (Phi) is 4.68. The molecule has 2 aromatic heterocycles. The molecule has 0 aromatic carbocycles.